The quantitative estimate of drug-likeness (QED) is 0.533. The summed E-state index contributed by atoms with van der Waals surface area (Å²) in [6.07, 6.45) is 10.6. The number of aromatic nitrogens is 1. The van der Waals surface area contributed by atoms with E-state index in [2.05, 4.69) is 22.5 Å². The smallest absolute Gasteiger partial charge is 0.246 e. The van der Waals surface area contributed by atoms with Crippen molar-refractivity contribution in [2.24, 2.45) is 17.8 Å². The van der Waals surface area contributed by atoms with Crippen LogP contribution in [0.5, 0.6) is 5.75 Å². The van der Waals surface area contributed by atoms with E-state index >= 15 is 0 Å². The van der Waals surface area contributed by atoms with Gasteiger partial charge in [-0.25, -0.2) is 0 Å². The normalized spacial score (nSPS) is 32.7. The molecule has 4 heterocycles. The summed E-state index contributed by atoms with van der Waals surface area (Å²) in [7, 11) is 1.56. The molecule has 1 aromatic heterocycles. The van der Waals surface area contributed by atoms with Gasteiger partial charge < -0.3 is 25.0 Å². The third-order valence-electron chi connectivity index (χ3n) is 8.78. The van der Waals surface area contributed by atoms with Gasteiger partial charge in [-0.3, -0.25) is 19.4 Å². The SMILES string of the molecule is COc1cccc(NC(=O)C2C3C=CC4(O3)C2C(=O)N(Cc2cccnc2)C4C(=O)NC2CCCCC2C)c1. The number of methoxy groups -OCH3 is 1. The van der Waals surface area contributed by atoms with Crippen LogP contribution < -0.4 is 15.4 Å². The van der Waals surface area contributed by atoms with Crippen LogP contribution >= 0.6 is 0 Å². The van der Waals surface area contributed by atoms with Crippen LogP contribution in [-0.4, -0.2) is 58.5 Å². The lowest BCUT2D eigenvalue weighted by atomic mass is 9.74. The van der Waals surface area contributed by atoms with Gasteiger partial charge in [-0.15, -0.1) is 0 Å². The summed E-state index contributed by atoms with van der Waals surface area (Å²) in [6.45, 7) is 2.37. The minimum absolute atomic E-state index is 0.0479. The second-order valence-corrected chi connectivity index (χ2v) is 11.1. The Labute approximate surface area is 228 Å². The number of carbonyl (C=O) groups is 3. The Morgan fingerprint density at radius 2 is 2.03 bits per heavy atom. The molecular weight excluding hydrogens is 496 g/mol. The fraction of sp³-hybridized carbons (Fsp3) is 0.467. The highest BCUT2D eigenvalue weighted by atomic mass is 16.5. The van der Waals surface area contributed by atoms with Gasteiger partial charge in [0.2, 0.25) is 17.7 Å². The molecule has 1 aliphatic carbocycles. The average molecular weight is 531 g/mol. The Bertz CT molecular complexity index is 1300. The van der Waals surface area contributed by atoms with Gasteiger partial charge in [0.25, 0.3) is 0 Å². The molecule has 204 valence electrons. The van der Waals surface area contributed by atoms with Gasteiger partial charge in [-0.05, 0) is 42.5 Å². The lowest BCUT2D eigenvalue weighted by Gasteiger charge is -2.36. The summed E-state index contributed by atoms with van der Waals surface area (Å²) >= 11 is 0. The van der Waals surface area contributed by atoms with E-state index in [1.807, 2.05) is 18.2 Å². The lowest BCUT2D eigenvalue weighted by molar-refractivity contribution is -0.142. The zero-order valence-corrected chi connectivity index (χ0v) is 22.2. The van der Waals surface area contributed by atoms with Crippen molar-refractivity contribution in [3.05, 3.63) is 66.5 Å². The molecule has 2 aromatic rings. The number of benzene rings is 1. The van der Waals surface area contributed by atoms with Crippen molar-refractivity contribution in [3.8, 4) is 5.75 Å². The number of anilines is 1. The Balaban J connectivity index is 1.32. The van der Waals surface area contributed by atoms with Crippen molar-refractivity contribution < 1.29 is 23.9 Å². The van der Waals surface area contributed by atoms with Crippen LogP contribution in [0.4, 0.5) is 5.69 Å². The number of hydrogen-bond acceptors (Lipinski definition) is 6. The van der Waals surface area contributed by atoms with E-state index in [9.17, 15) is 14.4 Å². The summed E-state index contributed by atoms with van der Waals surface area (Å²) < 4.78 is 11.7. The van der Waals surface area contributed by atoms with E-state index in [-0.39, 0.29) is 30.3 Å². The first-order valence-corrected chi connectivity index (χ1v) is 13.7. The molecular formula is C30H34N4O5. The number of hydrogen-bond donors (Lipinski definition) is 2. The van der Waals surface area contributed by atoms with Gasteiger partial charge >= 0.3 is 0 Å². The molecule has 3 aliphatic heterocycles. The van der Waals surface area contributed by atoms with E-state index < -0.39 is 29.6 Å². The van der Waals surface area contributed by atoms with Gasteiger partial charge in [0.15, 0.2) is 0 Å². The summed E-state index contributed by atoms with van der Waals surface area (Å²) in [6, 6.07) is 9.92. The molecule has 1 saturated carbocycles. The number of likely N-dealkylation sites (tertiary alicyclic amines) is 1. The Morgan fingerprint density at radius 3 is 2.79 bits per heavy atom. The lowest BCUT2D eigenvalue weighted by Crippen LogP contribution is -2.57. The molecule has 2 N–H and O–H groups in total. The molecule has 6 rings (SSSR count). The van der Waals surface area contributed by atoms with Gasteiger partial charge in [-0.2, -0.15) is 0 Å². The number of nitrogens with zero attached hydrogens (tertiary/aromatic N) is 2. The van der Waals surface area contributed by atoms with Crippen LogP contribution in [0.3, 0.4) is 0 Å². The number of pyridine rings is 1. The van der Waals surface area contributed by atoms with Crippen LogP contribution in [0.25, 0.3) is 0 Å². The molecule has 2 saturated heterocycles. The molecule has 3 amide bonds. The minimum atomic E-state index is -1.21. The first kappa shape index (κ1) is 25.6. The zero-order valence-electron chi connectivity index (χ0n) is 22.2. The van der Waals surface area contributed by atoms with E-state index in [4.69, 9.17) is 9.47 Å². The predicted molar refractivity (Wildman–Crippen MR) is 143 cm³/mol. The van der Waals surface area contributed by atoms with Gasteiger partial charge in [0.1, 0.15) is 17.4 Å². The predicted octanol–water partition coefficient (Wildman–Crippen LogP) is 3.07. The van der Waals surface area contributed by atoms with Crippen molar-refractivity contribution in [2.45, 2.75) is 62.9 Å². The highest BCUT2D eigenvalue weighted by Crippen LogP contribution is 2.55. The van der Waals surface area contributed by atoms with Crippen molar-refractivity contribution in [2.75, 3.05) is 12.4 Å². The monoisotopic (exact) mass is 530 g/mol. The van der Waals surface area contributed by atoms with Gasteiger partial charge in [0.05, 0.1) is 25.0 Å². The number of nitrogens with one attached hydrogen (secondary N) is 2. The molecule has 9 heteroatoms. The number of fused-ring (bicyclic) bond motifs is 1. The van der Waals surface area contributed by atoms with Gasteiger partial charge in [0, 0.05) is 36.7 Å². The van der Waals surface area contributed by atoms with Crippen LogP contribution in [-0.2, 0) is 25.7 Å². The van der Waals surface area contributed by atoms with Gasteiger partial charge in [-0.1, -0.05) is 44.1 Å². The second-order valence-electron chi connectivity index (χ2n) is 11.1. The number of rotatable bonds is 7. The Morgan fingerprint density at radius 1 is 1.18 bits per heavy atom. The molecule has 4 aliphatic rings. The largest absolute Gasteiger partial charge is 0.497 e. The third kappa shape index (κ3) is 4.38. The van der Waals surface area contributed by atoms with Crippen LogP contribution in [0.1, 0.15) is 38.2 Å². The van der Waals surface area contributed by atoms with E-state index in [0.717, 1.165) is 31.2 Å². The number of ether oxygens (including phenoxy) is 2. The van der Waals surface area contributed by atoms with E-state index in [1.54, 1.807) is 54.7 Å². The summed E-state index contributed by atoms with van der Waals surface area (Å²) in [4.78, 5) is 47.6. The topological polar surface area (TPSA) is 110 Å². The van der Waals surface area contributed by atoms with Crippen molar-refractivity contribution in [1.82, 2.24) is 15.2 Å². The average Bonchev–Trinajstić information content (AvgIpc) is 3.58. The first-order chi connectivity index (χ1) is 18.9. The first-order valence-electron chi connectivity index (χ1n) is 13.7. The molecule has 7 unspecified atom stereocenters. The fourth-order valence-electron chi connectivity index (χ4n) is 6.84. The van der Waals surface area contributed by atoms with Crippen LogP contribution in [0.15, 0.2) is 60.9 Å². The maximum Gasteiger partial charge on any atom is 0.246 e. The Kier molecular flexibility index (Phi) is 6.62. The highest BCUT2D eigenvalue weighted by molar-refractivity contribution is 6.02. The summed E-state index contributed by atoms with van der Waals surface area (Å²) in [5.74, 6) is -1.41. The third-order valence-corrected chi connectivity index (χ3v) is 8.78. The highest BCUT2D eigenvalue weighted by Gasteiger charge is 2.72. The molecule has 3 fully saturated rings. The summed E-state index contributed by atoms with van der Waals surface area (Å²) in [5.41, 5.74) is 0.169. The number of amides is 3. The molecule has 7 atom stereocenters. The van der Waals surface area contributed by atoms with Crippen molar-refractivity contribution >= 4 is 23.4 Å². The van der Waals surface area contributed by atoms with Crippen LogP contribution in [0.2, 0.25) is 0 Å². The molecule has 1 aromatic carbocycles. The second kappa shape index (κ2) is 10.1. The van der Waals surface area contributed by atoms with Crippen LogP contribution in [0, 0.1) is 17.8 Å². The maximum atomic E-state index is 14.1. The number of carbonyl (C=O) groups excluding carboxylic acids is 3. The standard InChI is InChI=1S/C30H34N4O5/c1-18-7-3-4-11-22(18)33-28(36)26-30-13-12-23(39-30)24(27(35)32-20-9-5-10-21(15-20)38-2)25(30)29(37)34(26)17-19-8-6-14-31-16-19/h5-6,8-10,12-16,18,22-26H,3-4,7,11,17H2,1-2H3,(H,32,35)(H,33,36). The molecule has 0 radical (unpaired) electrons. The Hall–Kier alpha value is -3.72. The summed E-state index contributed by atoms with van der Waals surface area (Å²) in [5, 5.41) is 6.20. The minimum Gasteiger partial charge on any atom is -0.497 e. The van der Waals surface area contributed by atoms with Crippen molar-refractivity contribution in [1.29, 1.82) is 0 Å². The molecule has 1 spiro atoms. The van der Waals surface area contributed by atoms with Crippen molar-refractivity contribution in [3.63, 3.8) is 0 Å². The molecule has 39 heavy (non-hydrogen) atoms. The fourth-order valence-corrected chi connectivity index (χ4v) is 6.84. The van der Waals surface area contributed by atoms with E-state index in [1.165, 1.54) is 0 Å². The molecule has 9 nitrogen and oxygen atoms in total. The molecule has 2 bridgehead atoms. The zero-order chi connectivity index (χ0) is 27.1. The maximum absolute atomic E-state index is 14.1. The van der Waals surface area contributed by atoms with E-state index in [0.29, 0.717) is 17.4 Å².